The molecule has 2 aliphatic heterocycles. The number of hydrogen-bond donors (Lipinski definition) is 1. The van der Waals surface area contributed by atoms with E-state index in [1.807, 2.05) is 53.1 Å². The van der Waals surface area contributed by atoms with Crippen molar-refractivity contribution in [1.29, 1.82) is 0 Å². The molecule has 0 bridgehead atoms. The number of benzene rings is 3. The Kier molecular flexibility index (Phi) is 8.78. The highest BCUT2D eigenvalue weighted by molar-refractivity contribution is 6.31. The average Bonchev–Trinajstić information content (AvgIpc) is 3.63. The van der Waals surface area contributed by atoms with Crippen LogP contribution in [0, 0.1) is 12.3 Å². The molecule has 0 saturated carbocycles. The van der Waals surface area contributed by atoms with Gasteiger partial charge < -0.3 is 14.7 Å². The zero-order chi connectivity index (χ0) is 34.9. The molecule has 0 saturated heterocycles. The topological polar surface area (TPSA) is 132 Å². The molecule has 0 radical (unpaired) electrons. The fraction of sp³-hybridized carbons (Fsp3) is 0.211. The van der Waals surface area contributed by atoms with Gasteiger partial charge in [0, 0.05) is 35.2 Å². The van der Waals surface area contributed by atoms with Crippen LogP contribution in [0.15, 0.2) is 78.0 Å². The monoisotopic (exact) mass is 686 g/mol. The van der Waals surface area contributed by atoms with Crippen LogP contribution in [0.3, 0.4) is 0 Å². The van der Waals surface area contributed by atoms with Crippen LogP contribution >= 0.6 is 11.6 Å². The molecular formula is C38H31ClN6O5. The Bertz CT molecular complexity index is 2250. The smallest absolute Gasteiger partial charge is 0.358 e. The minimum atomic E-state index is -1.12. The number of nitrogens with zero attached hydrogens (tertiary/aromatic N) is 6. The molecule has 1 N–H and O–H groups in total. The predicted molar refractivity (Wildman–Crippen MR) is 186 cm³/mol. The predicted octanol–water partition coefficient (Wildman–Crippen LogP) is 5.90. The summed E-state index contributed by atoms with van der Waals surface area (Å²) >= 11 is 6.15. The van der Waals surface area contributed by atoms with Gasteiger partial charge in [0.05, 0.1) is 53.7 Å². The highest BCUT2D eigenvalue weighted by atomic mass is 35.5. The minimum absolute atomic E-state index is 0.0313. The number of amides is 1. The zero-order valence-electron chi connectivity index (χ0n) is 27.1. The average molecular weight is 687 g/mol. The molecule has 2 aliphatic rings. The number of fused-ring (bicyclic) bond motifs is 6. The van der Waals surface area contributed by atoms with Crippen molar-refractivity contribution >= 4 is 35.2 Å². The van der Waals surface area contributed by atoms with Crippen LogP contribution in [0.4, 0.5) is 0 Å². The van der Waals surface area contributed by atoms with Gasteiger partial charge in [-0.05, 0) is 55.7 Å². The Labute approximate surface area is 292 Å². The van der Waals surface area contributed by atoms with Crippen molar-refractivity contribution in [3.05, 3.63) is 129 Å². The Morgan fingerprint density at radius 1 is 0.980 bits per heavy atom. The lowest BCUT2D eigenvalue weighted by Gasteiger charge is -2.15. The fourth-order valence-electron chi connectivity index (χ4n) is 6.46. The first-order valence-electron chi connectivity index (χ1n) is 16.1. The van der Waals surface area contributed by atoms with E-state index in [1.54, 1.807) is 29.8 Å². The van der Waals surface area contributed by atoms with Gasteiger partial charge in [-0.1, -0.05) is 47.9 Å². The van der Waals surface area contributed by atoms with E-state index in [0.29, 0.717) is 64.7 Å². The number of rotatable bonds is 9. The number of hydrogen-bond acceptors (Lipinski definition) is 7. The number of carbonyl (C=O) groups excluding carboxylic acids is 2. The van der Waals surface area contributed by atoms with Crippen molar-refractivity contribution in [2.75, 3.05) is 13.7 Å². The summed E-state index contributed by atoms with van der Waals surface area (Å²) in [7, 11) is 1.66. The molecule has 12 heteroatoms. The lowest BCUT2D eigenvalue weighted by Crippen LogP contribution is -2.26. The zero-order valence-corrected chi connectivity index (χ0v) is 27.9. The maximum atomic E-state index is 13.1. The molecular weight excluding hydrogens is 656 g/mol. The number of halogens is 1. The molecule has 2 aromatic heterocycles. The van der Waals surface area contributed by atoms with E-state index < -0.39 is 11.9 Å². The first-order valence-corrected chi connectivity index (χ1v) is 16.5. The van der Waals surface area contributed by atoms with Crippen molar-refractivity contribution in [2.45, 2.75) is 38.8 Å². The highest BCUT2D eigenvalue weighted by Crippen LogP contribution is 2.31. The number of carboxylic acid groups (broad SMARTS) is 1. The van der Waals surface area contributed by atoms with Gasteiger partial charge in [-0.2, -0.15) is 0 Å². The minimum Gasteiger partial charge on any atom is -0.476 e. The van der Waals surface area contributed by atoms with Crippen molar-refractivity contribution in [1.82, 2.24) is 24.0 Å². The highest BCUT2D eigenvalue weighted by Gasteiger charge is 2.30. The Hall–Kier alpha value is -5.99. The van der Waals surface area contributed by atoms with Crippen LogP contribution < -0.4 is 0 Å². The number of esters is 1. The number of carbonyl (C=O) groups is 3. The summed E-state index contributed by atoms with van der Waals surface area (Å²) in [4.78, 5) is 53.7. The summed E-state index contributed by atoms with van der Waals surface area (Å²) in [5, 5.41) is 10.5. The number of carboxylic acids is 1. The lowest BCUT2D eigenvalue weighted by molar-refractivity contribution is 0.0487. The van der Waals surface area contributed by atoms with Crippen molar-refractivity contribution in [2.24, 2.45) is 4.99 Å². The van der Waals surface area contributed by atoms with Gasteiger partial charge in [0.1, 0.15) is 12.2 Å². The van der Waals surface area contributed by atoms with E-state index in [0.717, 1.165) is 22.5 Å². The van der Waals surface area contributed by atoms with E-state index in [1.165, 1.54) is 11.2 Å². The van der Waals surface area contributed by atoms with Crippen LogP contribution in [-0.4, -0.2) is 66.3 Å². The van der Waals surface area contributed by atoms with Crippen LogP contribution in [0.5, 0.6) is 0 Å². The summed E-state index contributed by atoms with van der Waals surface area (Å²) in [5.41, 5.74) is 6.06. The molecule has 7 rings (SSSR count). The Morgan fingerprint density at radius 3 is 2.56 bits per heavy atom. The summed E-state index contributed by atoms with van der Waals surface area (Å²) in [6.07, 6.45) is 9.70. The van der Waals surface area contributed by atoms with E-state index in [-0.39, 0.29) is 37.0 Å². The number of ether oxygens (including phenoxy) is 1. The largest absolute Gasteiger partial charge is 0.476 e. The van der Waals surface area contributed by atoms with E-state index in [4.69, 9.17) is 27.8 Å². The van der Waals surface area contributed by atoms with Gasteiger partial charge in [0.25, 0.3) is 5.91 Å². The van der Waals surface area contributed by atoms with Gasteiger partial charge in [-0.25, -0.2) is 19.6 Å². The van der Waals surface area contributed by atoms with Crippen molar-refractivity contribution < 1.29 is 24.2 Å². The molecule has 0 unspecified atom stereocenters. The number of aromatic carboxylic acids is 1. The van der Waals surface area contributed by atoms with Gasteiger partial charge in [-0.3, -0.25) is 18.9 Å². The molecule has 250 valence electrons. The Morgan fingerprint density at radius 2 is 1.78 bits per heavy atom. The van der Waals surface area contributed by atoms with E-state index in [9.17, 15) is 19.5 Å². The summed E-state index contributed by atoms with van der Waals surface area (Å²) in [6.45, 7) is 0.474. The summed E-state index contributed by atoms with van der Waals surface area (Å²) in [6, 6.07) is 20.4. The molecule has 0 aliphatic carbocycles. The molecule has 50 heavy (non-hydrogen) atoms. The van der Waals surface area contributed by atoms with Gasteiger partial charge in [0.15, 0.2) is 11.4 Å². The van der Waals surface area contributed by atoms with Crippen LogP contribution in [-0.2, 0) is 24.2 Å². The second kappa shape index (κ2) is 13.5. The van der Waals surface area contributed by atoms with E-state index in [2.05, 4.69) is 15.9 Å². The quantitative estimate of drug-likeness (QED) is 0.116. The fourth-order valence-corrected chi connectivity index (χ4v) is 6.63. The standard InChI is InChI=1S/C38H31ClN6O5/c1-3-23-13-15-29-26(18-23)33(24-10-6-4-7-11-24)40-20-30-34(37(47)48)42-32(45(29)30)12-8-5-9-17-50-38(49)35-31-21-43(2)36(46)27-19-25(39)14-16-28(27)44(31)22-41-35/h1,4,6-7,10-11,13-16,18-19,22H,5,8-9,12,17,20-21H2,2H3,(H,47,48). The summed E-state index contributed by atoms with van der Waals surface area (Å²) in [5.74, 6) is 1.40. The molecule has 4 heterocycles. The molecule has 3 aromatic carbocycles. The van der Waals surface area contributed by atoms with Crippen molar-refractivity contribution in [3.8, 4) is 23.7 Å². The third kappa shape index (κ3) is 5.95. The number of aliphatic imine (C=N–C) groups is 1. The van der Waals surface area contributed by atoms with Crippen LogP contribution in [0.25, 0.3) is 11.4 Å². The maximum absolute atomic E-state index is 13.1. The molecule has 0 atom stereocenters. The number of aromatic nitrogens is 4. The van der Waals surface area contributed by atoms with Gasteiger partial charge >= 0.3 is 11.9 Å². The van der Waals surface area contributed by atoms with E-state index >= 15 is 0 Å². The maximum Gasteiger partial charge on any atom is 0.358 e. The van der Waals surface area contributed by atoms with Gasteiger partial charge in [0.2, 0.25) is 0 Å². The lowest BCUT2D eigenvalue weighted by atomic mass is 9.98. The Balaban J connectivity index is 1.05. The summed E-state index contributed by atoms with van der Waals surface area (Å²) < 4.78 is 9.23. The number of imidazole rings is 2. The van der Waals surface area contributed by atoms with Gasteiger partial charge in [-0.15, -0.1) is 6.42 Å². The normalized spacial score (nSPS) is 13.2. The van der Waals surface area contributed by atoms with Crippen LogP contribution in [0.1, 0.15) is 84.5 Å². The third-order valence-corrected chi connectivity index (χ3v) is 9.09. The second-order valence-electron chi connectivity index (χ2n) is 12.1. The van der Waals surface area contributed by atoms with Crippen molar-refractivity contribution in [3.63, 3.8) is 0 Å². The molecule has 5 aromatic rings. The second-order valence-corrected chi connectivity index (χ2v) is 12.5. The molecule has 11 nitrogen and oxygen atoms in total. The van der Waals surface area contributed by atoms with Crippen LogP contribution in [0.2, 0.25) is 5.02 Å². The first kappa shape index (κ1) is 32.6. The molecule has 0 fully saturated rings. The molecule has 1 amide bonds. The molecule has 0 spiro atoms. The first-order chi connectivity index (χ1) is 24.2. The SMILES string of the molecule is C#Cc1ccc2c(c1)C(c1ccccc1)=NCc1c(C(=O)O)nc(CCCCCOC(=O)c3ncn4c3CN(C)C(=O)c3cc(Cl)ccc3-4)n1-2. The number of unbranched alkanes of at least 4 members (excludes halogenated alkanes) is 2. The number of terminal acetylenes is 1. The third-order valence-electron chi connectivity index (χ3n) is 8.86. The number of aryl methyl sites for hydroxylation is 1.